The summed E-state index contributed by atoms with van der Waals surface area (Å²) in [6, 6.07) is 11.8. The van der Waals surface area contributed by atoms with Crippen molar-refractivity contribution in [2.24, 2.45) is 0 Å². The highest BCUT2D eigenvalue weighted by atomic mass is 35.5. The molecule has 9 heteroatoms. The summed E-state index contributed by atoms with van der Waals surface area (Å²) in [6.45, 7) is 1.32. The molecule has 0 bridgehead atoms. The molecule has 2 aliphatic rings. The van der Waals surface area contributed by atoms with E-state index in [0.29, 0.717) is 25.2 Å². The number of hydrogen-bond donors (Lipinski definition) is 1. The van der Waals surface area contributed by atoms with E-state index in [2.05, 4.69) is 10.4 Å². The van der Waals surface area contributed by atoms with Gasteiger partial charge in [-0.2, -0.15) is 5.10 Å². The van der Waals surface area contributed by atoms with Gasteiger partial charge in [0.15, 0.2) is 5.69 Å². The van der Waals surface area contributed by atoms with Crippen LogP contribution in [0.5, 0.6) is 5.75 Å². The molecule has 1 fully saturated rings. The molecular weight excluding hydrogens is 471 g/mol. The summed E-state index contributed by atoms with van der Waals surface area (Å²) in [6.07, 6.45) is 3.25. The lowest BCUT2D eigenvalue weighted by Gasteiger charge is -2.28. The lowest BCUT2D eigenvalue weighted by atomic mass is 10.0. The SMILES string of the molecule is COc1ccc(CCn2nc(C(=O)NC3CC3)c3c2CCN(C(=O)c2ccc(F)cc2Cl)C3)cc1. The van der Waals surface area contributed by atoms with Crippen LogP contribution in [-0.2, 0) is 25.9 Å². The fourth-order valence-electron chi connectivity index (χ4n) is 4.37. The third-order valence-corrected chi connectivity index (χ3v) is 6.79. The van der Waals surface area contributed by atoms with Gasteiger partial charge < -0.3 is 15.0 Å². The first-order valence-corrected chi connectivity index (χ1v) is 12.1. The number of carbonyl (C=O) groups is 2. The minimum atomic E-state index is -0.496. The minimum Gasteiger partial charge on any atom is -0.497 e. The second-order valence-electron chi connectivity index (χ2n) is 8.94. The zero-order chi connectivity index (χ0) is 24.5. The number of carbonyl (C=O) groups excluding carboxylic acids is 2. The number of ether oxygens (including phenoxy) is 1. The molecular formula is C26H26ClFN4O3. The van der Waals surface area contributed by atoms with Gasteiger partial charge in [-0.05, 0) is 55.2 Å². The van der Waals surface area contributed by atoms with Crippen LogP contribution < -0.4 is 10.1 Å². The number of nitrogens with zero attached hydrogens (tertiary/aromatic N) is 3. The first-order valence-electron chi connectivity index (χ1n) is 11.7. The van der Waals surface area contributed by atoms with Crippen molar-refractivity contribution in [1.82, 2.24) is 20.0 Å². The highest BCUT2D eigenvalue weighted by Crippen LogP contribution is 2.28. The van der Waals surface area contributed by atoms with Crippen LogP contribution in [0.2, 0.25) is 5.02 Å². The topological polar surface area (TPSA) is 76.5 Å². The van der Waals surface area contributed by atoms with E-state index in [9.17, 15) is 14.0 Å². The van der Waals surface area contributed by atoms with E-state index in [1.807, 2.05) is 28.9 Å². The van der Waals surface area contributed by atoms with E-state index < -0.39 is 5.82 Å². The normalized spacial score (nSPS) is 15.0. The number of nitrogens with one attached hydrogen (secondary N) is 1. The van der Waals surface area contributed by atoms with Crippen molar-refractivity contribution in [2.45, 2.75) is 44.8 Å². The van der Waals surface area contributed by atoms with Crippen LogP contribution in [0, 0.1) is 5.82 Å². The lowest BCUT2D eigenvalue weighted by molar-refractivity contribution is 0.0730. The van der Waals surface area contributed by atoms with Crippen LogP contribution >= 0.6 is 11.6 Å². The fourth-order valence-corrected chi connectivity index (χ4v) is 4.62. The van der Waals surface area contributed by atoms with Gasteiger partial charge in [-0.25, -0.2) is 4.39 Å². The third kappa shape index (κ3) is 5.03. The average molecular weight is 497 g/mol. The zero-order valence-electron chi connectivity index (χ0n) is 19.4. The Morgan fingerprint density at radius 3 is 2.66 bits per heavy atom. The molecule has 1 N–H and O–H groups in total. The van der Waals surface area contributed by atoms with Crippen LogP contribution in [0.4, 0.5) is 4.39 Å². The highest BCUT2D eigenvalue weighted by molar-refractivity contribution is 6.33. The molecule has 2 amide bonds. The Morgan fingerprint density at radius 1 is 1.20 bits per heavy atom. The first kappa shape index (κ1) is 23.4. The molecule has 7 nitrogen and oxygen atoms in total. The predicted molar refractivity (Wildman–Crippen MR) is 129 cm³/mol. The van der Waals surface area contributed by atoms with E-state index in [1.54, 1.807) is 12.0 Å². The molecule has 182 valence electrons. The van der Waals surface area contributed by atoms with Gasteiger partial charge in [-0.15, -0.1) is 0 Å². The van der Waals surface area contributed by atoms with E-state index in [4.69, 9.17) is 16.3 Å². The highest BCUT2D eigenvalue weighted by Gasteiger charge is 2.33. The van der Waals surface area contributed by atoms with Gasteiger partial charge in [0.2, 0.25) is 0 Å². The van der Waals surface area contributed by atoms with E-state index in [0.717, 1.165) is 47.9 Å². The van der Waals surface area contributed by atoms with E-state index in [1.165, 1.54) is 12.1 Å². The van der Waals surface area contributed by atoms with Crippen molar-refractivity contribution in [2.75, 3.05) is 13.7 Å². The number of rotatable bonds is 7. The maximum Gasteiger partial charge on any atom is 0.272 e. The van der Waals surface area contributed by atoms with Crippen molar-refractivity contribution in [1.29, 1.82) is 0 Å². The van der Waals surface area contributed by atoms with Gasteiger partial charge in [0.05, 0.1) is 24.2 Å². The van der Waals surface area contributed by atoms with Crippen molar-refractivity contribution in [3.8, 4) is 5.75 Å². The maximum absolute atomic E-state index is 13.5. The van der Waals surface area contributed by atoms with Gasteiger partial charge in [0, 0.05) is 36.8 Å². The summed E-state index contributed by atoms with van der Waals surface area (Å²) in [5, 5.41) is 7.77. The monoisotopic (exact) mass is 496 g/mol. The Morgan fingerprint density at radius 2 is 1.97 bits per heavy atom. The quantitative estimate of drug-likeness (QED) is 0.536. The number of aromatic nitrogens is 2. The fraction of sp³-hybridized carbons (Fsp3) is 0.346. The summed E-state index contributed by atoms with van der Waals surface area (Å²) in [4.78, 5) is 27.8. The Labute approximate surface area is 207 Å². The smallest absolute Gasteiger partial charge is 0.272 e. The van der Waals surface area contributed by atoms with Gasteiger partial charge in [0.1, 0.15) is 11.6 Å². The molecule has 0 unspecified atom stereocenters. The zero-order valence-corrected chi connectivity index (χ0v) is 20.1. The maximum atomic E-state index is 13.5. The van der Waals surface area contributed by atoms with Gasteiger partial charge in [0.25, 0.3) is 11.8 Å². The summed E-state index contributed by atoms with van der Waals surface area (Å²) in [5.41, 5.74) is 3.47. The molecule has 0 saturated heterocycles. The van der Waals surface area contributed by atoms with Crippen LogP contribution in [0.25, 0.3) is 0 Å². The number of hydrogen-bond acceptors (Lipinski definition) is 4. The van der Waals surface area contributed by atoms with Crippen LogP contribution in [0.3, 0.4) is 0 Å². The van der Waals surface area contributed by atoms with Crippen molar-refractivity contribution in [3.63, 3.8) is 0 Å². The van der Waals surface area contributed by atoms with Gasteiger partial charge >= 0.3 is 0 Å². The molecule has 2 aromatic carbocycles. The van der Waals surface area contributed by atoms with Gasteiger partial charge in [-0.1, -0.05) is 23.7 Å². The molecule has 35 heavy (non-hydrogen) atoms. The van der Waals surface area contributed by atoms with Gasteiger partial charge in [-0.3, -0.25) is 14.3 Å². The second-order valence-corrected chi connectivity index (χ2v) is 9.35. The average Bonchev–Trinajstić information content (AvgIpc) is 3.60. The Balaban J connectivity index is 1.39. The lowest BCUT2D eigenvalue weighted by Crippen LogP contribution is -2.37. The number of aryl methyl sites for hydroxylation is 2. The summed E-state index contributed by atoms with van der Waals surface area (Å²) < 4.78 is 20.6. The molecule has 0 atom stereocenters. The molecule has 2 heterocycles. The molecule has 1 aromatic heterocycles. The number of methoxy groups -OCH3 is 1. The van der Waals surface area contributed by atoms with Crippen LogP contribution in [-0.4, -0.2) is 46.2 Å². The molecule has 1 aliphatic heterocycles. The molecule has 1 aliphatic carbocycles. The Bertz CT molecular complexity index is 1270. The number of halogens is 2. The number of benzene rings is 2. The summed E-state index contributed by atoms with van der Waals surface area (Å²) >= 11 is 6.14. The molecule has 1 saturated carbocycles. The van der Waals surface area contributed by atoms with Crippen LogP contribution in [0.1, 0.15) is 50.5 Å². The first-order chi connectivity index (χ1) is 16.9. The second kappa shape index (κ2) is 9.70. The minimum absolute atomic E-state index is 0.0719. The largest absolute Gasteiger partial charge is 0.497 e. The molecule has 0 spiro atoms. The molecule has 3 aromatic rings. The Hall–Kier alpha value is -3.39. The molecule has 5 rings (SSSR count). The van der Waals surface area contributed by atoms with E-state index in [-0.39, 0.29) is 35.0 Å². The Kier molecular flexibility index (Phi) is 6.47. The molecule has 0 radical (unpaired) electrons. The number of amides is 2. The summed E-state index contributed by atoms with van der Waals surface area (Å²) in [5.74, 6) is -0.193. The predicted octanol–water partition coefficient (Wildman–Crippen LogP) is 4.02. The standard InChI is InChI=1S/C26H26ClFN4O3/c1-35-19-7-2-16(3-8-19)10-13-32-23-11-12-31(26(34)20-9-4-17(28)14-22(20)27)15-21(23)24(30-32)25(33)29-18-5-6-18/h2-4,7-9,14,18H,5-6,10-13,15H2,1H3,(H,29,33). The third-order valence-electron chi connectivity index (χ3n) is 6.48. The van der Waals surface area contributed by atoms with Crippen molar-refractivity contribution >= 4 is 23.4 Å². The van der Waals surface area contributed by atoms with Crippen LogP contribution in [0.15, 0.2) is 42.5 Å². The van der Waals surface area contributed by atoms with Crippen molar-refractivity contribution in [3.05, 3.63) is 81.4 Å². The van der Waals surface area contributed by atoms with Crippen molar-refractivity contribution < 1.29 is 18.7 Å². The number of fused-ring (bicyclic) bond motifs is 1. The van der Waals surface area contributed by atoms with E-state index >= 15 is 0 Å². The summed E-state index contributed by atoms with van der Waals surface area (Å²) in [7, 11) is 1.64.